The average Bonchev–Trinajstić information content (AvgIpc) is 3.58. The third-order valence-electron chi connectivity index (χ3n) is 7.21. The molecule has 2 heterocycles. The first-order valence-corrected chi connectivity index (χ1v) is 15.4. The Morgan fingerprint density at radius 1 is 1.02 bits per heavy atom. The number of nitrogens with zero attached hydrogens (tertiary/aromatic N) is 2. The van der Waals surface area contributed by atoms with Gasteiger partial charge in [0.15, 0.2) is 0 Å². The minimum absolute atomic E-state index is 0.174. The molecule has 3 aromatic carbocycles. The van der Waals surface area contributed by atoms with Crippen LogP contribution in [0.5, 0.6) is 11.5 Å². The van der Waals surface area contributed by atoms with Crippen LogP contribution in [-0.4, -0.2) is 54.2 Å². The third kappa shape index (κ3) is 7.43. The molecule has 3 amide bonds. The number of benzene rings is 3. The number of halogens is 1. The first kappa shape index (κ1) is 30.3. The molecule has 0 saturated carbocycles. The largest absolute Gasteiger partial charge is 0.457 e. The van der Waals surface area contributed by atoms with Gasteiger partial charge < -0.3 is 20.3 Å². The quantitative estimate of drug-likeness (QED) is 0.237. The van der Waals surface area contributed by atoms with Crippen LogP contribution in [0, 0.1) is 6.92 Å². The highest BCUT2D eigenvalue weighted by atomic mass is 35.5. The number of piperazine rings is 1. The zero-order valence-electron chi connectivity index (χ0n) is 23.7. The number of nitrogens with one attached hydrogen (secondary N) is 2. The van der Waals surface area contributed by atoms with Crippen LogP contribution in [0.2, 0.25) is 0 Å². The minimum Gasteiger partial charge on any atom is -0.457 e. The minimum atomic E-state index is -0.947. The van der Waals surface area contributed by atoms with Crippen LogP contribution in [-0.2, 0) is 20.9 Å². The van der Waals surface area contributed by atoms with Crippen molar-refractivity contribution < 1.29 is 19.1 Å². The zero-order valence-corrected chi connectivity index (χ0v) is 25.3. The van der Waals surface area contributed by atoms with Gasteiger partial charge in [-0.25, -0.2) is 0 Å². The number of ether oxygens (including phenoxy) is 1. The fourth-order valence-corrected chi connectivity index (χ4v) is 6.02. The summed E-state index contributed by atoms with van der Waals surface area (Å²) in [6, 6.07) is 26.6. The molecule has 1 aliphatic heterocycles. The molecule has 1 fully saturated rings. The normalized spacial score (nSPS) is 15.4. The molecule has 2 atom stereocenters. The molecule has 0 spiro atoms. The summed E-state index contributed by atoms with van der Waals surface area (Å²) in [5, 5.41) is 8.06. The summed E-state index contributed by atoms with van der Waals surface area (Å²) in [7, 11) is 0. The molecule has 0 bridgehead atoms. The van der Waals surface area contributed by atoms with E-state index in [0.717, 1.165) is 11.1 Å². The third-order valence-corrected chi connectivity index (χ3v) is 8.36. The van der Waals surface area contributed by atoms with Crippen LogP contribution in [0.15, 0.2) is 96.4 Å². The van der Waals surface area contributed by atoms with Crippen molar-refractivity contribution in [1.82, 2.24) is 15.5 Å². The smallest absolute Gasteiger partial charge is 0.251 e. The monoisotopic (exact) mass is 616 g/mol. The highest BCUT2D eigenvalue weighted by Gasteiger charge is 2.39. The molecule has 1 aliphatic rings. The van der Waals surface area contributed by atoms with Gasteiger partial charge >= 0.3 is 0 Å². The fourth-order valence-electron chi connectivity index (χ4n) is 5.08. The second-order valence-electron chi connectivity index (χ2n) is 10.2. The number of alkyl halides is 1. The first-order valence-electron chi connectivity index (χ1n) is 14.0. The average molecular weight is 617 g/mol. The van der Waals surface area contributed by atoms with Crippen LogP contribution in [0.1, 0.15) is 22.0 Å². The van der Waals surface area contributed by atoms with E-state index in [1.54, 1.807) is 17.0 Å². The maximum Gasteiger partial charge on any atom is 0.251 e. The molecule has 0 radical (unpaired) electrons. The molecule has 5 rings (SSSR count). The van der Waals surface area contributed by atoms with Crippen molar-refractivity contribution in [2.45, 2.75) is 25.6 Å². The van der Waals surface area contributed by atoms with Gasteiger partial charge in [0.05, 0.1) is 0 Å². The summed E-state index contributed by atoms with van der Waals surface area (Å²) in [5.74, 6) is 0.135. The summed E-state index contributed by atoms with van der Waals surface area (Å²) in [6.07, 6.45) is 0. The number of thiophene rings is 1. The van der Waals surface area contributed by atoms with Crippen molar-refractivity contribution >= 4 is 46.3 Å². The number of carbonyl (C=O) groups is 3. The molecule has 1 aromatic heterocycles. The zero-order chi connectivity index (χ0) is 30.2. The Morgan fingerprint density at radius 2 is 1.77 bits per heavy atom. The van der Waals surface area contributed by atoms with Gasteiger partial charge in [-0.3, -0.25) is 19.3 Å². The number of amides is 3. The molecule has 4 aromatic rings. The Morgan fingerprint density at radius 3 is 2.44 bits per heavy atom. The van der Waals surface area contributed by atoms with Crippen molar-refractivity contribution in [3.8, 4) is 11.5 Å². The number of para-hydroxylation sites is 1. The molecule has 0 aliphatic carbocycles. The number of hydrogen-bond donors (Lipinski definition) is 2. The highest BCUT2D eigenvalue weighted by Crippen LogP contribution is 2.36. The predicted octanol–water partition coefficient (Wildman–Crippen LogP) is 5.28. The van der Waals surface area contributed by atoms with E-state index in [-0.39, 0.29) is 24.2 Å². The highest BCUT2D eigenvalue weighted by molar-refractivity contribution is 7.10. The number of rotatable bonds is 10. The van der Waals surface area contributed by atoms with Crippen LogP contribution in [0.4, 0.5) is 5.69 Å². The standard InChI is InChI=1S/C33H33ClN4O4S/c1-23-19-26(42-25-11-6-3-7-12-25)14-15-28(23)38(30(39)20-34)31(29-13-8-18-43-29)33(41)37-17-16-35-27(22-37)32(40)36-21-24-9-4-2-5-10-24/h2-15,18-19,27,31,35H,16-17,20-22H2,1H3,(H,36,40). The summed E-state index contributed by atoms with van der Waals surface area (Å²) in [6.45, 7) is 3.28. The second kappa shape index (κ2) is 14.3. The Kier molecular flexibility index (Phi) is 10.1. The molecule has 8 nitrogen and oxygen atoms in total. The van der Waals surface area contributed by atoms with E-state index in [2.05, 4.69) is 10.6 Å². The summed E-state index contributed by atoms with van der Waals surface area (Å²) >= 11 is 7.53. The molecule has 2 unspecified atom stereocenters. The predicted molar refractivity (Wildman–Crippen MR) is 170 cm³/mol. The summed E-state index contributed by atoms with van der Waals surface area (Å²) < 4.78 is 5.99. The van der Waals surface area contributed by atoms with Gasteiger partial charge in [-0.05, 0) is 59.8 Å². The Hall–Kier alpha value is -4.18. The second-order valence-corrected chi connectivity index (χ2v) is 11.4. The molecule has 222 valence electrons. The van der Waals surface area contributed by atoms with Crippen molar-refractivity contribution in [3.63, 3.8) is 0 Å². The summed E-state index contributed by atoms with van der Waals surface area (Å²) in [5.41, 5.74) is 2.30. The van der Waals surface area contributed by atoms with E-state index >= 15 is 0 Å². The lowest BCUT2D eigenvalue weighted by Gasteiger charge is -2.38. The number of carbonyl (C=O) groups excluding carboxylic acids is 3. The number of aryl methyl sites for hydroxylation is 1. The SMILES string of the molecule is Cc1cc(Oc2ccccc2)ccc1N(C(=O)CCl)C(C(=O)N1CCNC(C(=O)NCc2ccccc2)C1)c1cccs1. The van der Waals surface area contributed by atoms with Gasteiger partial charge in [-0.15, -0.1) is 22.9 Å². The van der Waals surface area contributed by atoms with Gasteiger partial charge in [-0.2, -0.15) is 0 Å². The van der Waals surface area contributed by atoms with Crippen molar-refractivity contribution in [2.24, 2.45) is 0 Å². The van der Waals surface area contributed by atoms with Crippen LogP contribution >= 0.6 is 22.9 Å². The van der Waals surface area contributed by atoms with E-state index in [4.69, 9.17) is 16.3 Å². The lowest BCUT2D eigenvalue weighted by molar-refractivity contribution is -0.137. The maximum atomic E-state index is 14.3. The van der Waals surface area contributed by atoms with Crippen LogP contribution < -0.4 is 20.3 Å². The first-order chi connectivity index (χ1) is 20.9. The Balaban J connectivity index is 1.39. The molecule has 1 saturated heterocycles. The van der Waals surface area contributed by atoms with Gasteiger partial charge in [0.2, 0.25) is 11.8 Å². The lowest BCUT2D eigenvalue weighted by atomic mass is 10.1. The van der Waals surface area contributed by atoms with E-state index < -0.39 is 18.0 Å². The van der Waals surface area contributed by atoms with Gasteiger partial charge in [-0.1, -0.05) is 54.6 Å². The topological polar surface area (TPSA) is 91.0 Å². The maximum absolute atomic E-state index is 14.3. The molecular formula is C33H33ClN4O4S. The van der Waals surface area contributed by atoms with E-state index in [1.165, 1.54) is 16.2 Å². The van der Waals surface area contributed by atoms with E-state index in [9.17, 15) is 14.4 Å². The Bertz CT molecular complexity index is 1540. The van der Waals surface area contributed by atoms with Gasteiger partial charge in [0.1, 0.15) is 29.5 Å². The van der Waals surface area contributed by atoms with Crippen LogP contribution in [0.3, 0.4) is 0 Å². The number of hydrogen-bond acceptors (Lipinski definition) is 6. The van der Waals surface area contributed by atoms with E-state index in [0.29, 0.717) is 41.7 Å². The van der Waals surface area contributed by atoms with E-state index in [1.807, 2.05) is 91.2 Å². The molecular weight excluding hydrogens is 584 g/mol. The van der Waals surface area contributed by atoms with Crippen molar-refractivity contribution in [3.05, 3.63) is 112 Å². The lowest BCUT2D eigenvalue weighted by Crippen LogP contribution is -2.60. The molecule has 2 N–H and O–H groups in total. The van der Waals surface area contributed by atoms with Gasteiger partial charge in [0, 0.05) is 36.7 Å². The fraction of sp³-hybridized carbons (Fsp3) is 0.242. The summed E-state index contributed by atoms with van der Waals surface area (Å²) in [4.78, 5) is 44.7. The Labute approximate surface area is 260 Å². The van der Waals surface area contributed by atoms with Crippen LogP contribution in [0.25, 0.3) is 0 Å². The van der Waals surface area contributed by atoms with Crippen molar-refractivity contribution in [1.29, 1.82) is 0 Å². The van der Waals surface area contributed by atoms with Crippen molar-refractivity contribution in [2.75, 3.05) is 30.4 Å². The molecule has 10 heteroatoms. The number of anilines is 1. The molecule has 43 heavy (non-hydrogen) atoms. The van der Waals surface area contributed by atoms with Gasteiger partial charge in [0.25, 0.3) is 5.91 Å².